The van der Waals surface area contributed by atoms with Crippen molar-refractivity contribution in [2.24, 2.45) is 0 Å². The van der Waals surface area contributed by atoms with Gasteiger partial charge in [0.2, 0.25) is 0 Å². The molecule has 5 rings (SSSR count). The van der Waals surface area contributed by atoms with E-state index < -0.39 is 0 Å². The Morgan fingerprint density at radius 1 is 1.00 bits per heavy atom. The number of nitrogens with one attached hydrogen (secondary N) is 1. The van der Waals surface area contributed by atoms with Crippen molar-refractivity contribution in [3.8, 4) is 5.75 Å². The molecule has 1 amide bonds. The maximum atomic E-state index is 12.8. The molecule has 1 N–H and O–H groups in total. The molecule has 1 saturated heterocycles. The van der Waals surface area contributed by atoms with Crippen LogP contribution < -0.4 is 10.1 Å². The number of rotatable bonds is 4. The van der Waals surface area contributed by atoms with Crippen LogP contribution in [0.3, 0.4) is 0 Å². The molecule has 0 radical (unpaired) electrons. The molecular weight excluding hydrogens is 402 g/mol. The van der Waals surface area contributed by atoms with Gasteiger partial charge in [-0.3, -0.25) is 4.79 Å². The van der Waals surface area contributed by atoms with Crippen molar-refractivity contribution in [2.45, 2.75) is 4.58 Å². The fourth-order valence-corrected chi connectivity index (χ4v) is 6.41. The third-order valence-electron chi connectivity index (χ3n) is 5.01. The molecule has 1 aliphatic heterocycles. The van der Waals surface area contributed by atoms with Gasteiger partial charge in [0.25, 0.3) is 5.91 Å². The predicted molar refractivity (Wildman–Crippen MR) is 122 cm³/mol. The molecule has 0 aliphatic carbocycles. The number of fused-ring (bicyclic) bond motifs is 3. The average Bonchev–Trinajstić information content (AvgIpc) is 3.41. The Kier molecular flexibility index (Phi) is 4.89. The number of thioether (sulfide) groups is 2. The van der Waals surface area contributed by atoms with Crippen molar-refractivity contribution < 1.29 is 13.9 Å². The number of ether oxygens (including phenoxy) is 1. The summed E-state index contributed by atoms with van der Waals surface area (Å²) in [4.78, 5) is 12.8. The quantitative estimate of drug-likeness (QED) is 0.417. The lowest BCUT2D eigenvalue weighted by molar-refractivity contribution is 0.102. The number of hydrogen-bond donors (Lipinski definition) is 1. The zero-order valence-corrected chi connectivity index (χ0v) is 17.4. The maximum Gasteiger partial charge on any atom is 0.255 e. The van der Waals surface area contributed by atoms with E-state index in [-0.39, 0.29) is 5.91 Å². The summed E-state index contributed by atoms with van der Waals surface area (Å²) in [5, 5.41) is 4.96. The van der Waals surface area contributed by atoms with Crippen LogP contribution in [0, 0.1) is 0 Å². The molecule has 3 aromatic carbocycles. The summed E-state index contributed by atoms with van der Waals surface area (Å²) in [6.45, 7) is 0. The first kappa shape index (κ1) is 18.5. The van der Waals surface area contributed by atoms with Gasteiger partial charge in [-0.15, -0.1) is 23.5 Å². The minimum absolute atomic E-state index is 0.169. The van der Waals surface area contributed by atoms with Crippen LogP contribution in [0.25, 0.3) is 21.9 Å². The Balaban J connectivity index is 1.44. The standard InChI is InChI=1S/C23H19NO3S2/c1-26-21-12-17-16-4-2-3-5-19(16)27-20(17)13-18(21)24-22(25)14-6-8-15(9-7-14)23-28-10-11-29-23/h2-9,12-13,23H,10-11H2,1H3,(H,24,25). The van der Waals surface area contributed by atoms with E-state index in [0.29, 0.717) is 27.2 Å². The van der Waals surface area contributed by atoms with Crippen molar-refractivity contribution >= 4 is 57.1 Å². The molecule has 0 atom stereocenters. The fraction of sp³-hybridized carbons (Fsp3) is 0.174. The first-order valence-electron chi connectivity index (χ1n) is 9.37. The fourth-order valence-electron chi connectivity index (χ4n) is 3.56. The molecule has 1 aliphatic rings. The van der Waals surface area contributed by atoms with Crippen molar-refractivity contribution in [3.05, 3.63) is 71.8 Å². The molecular formula is C23H19NO3S2. The average molecular weight is 422 g/mol. The van der Waals surface area contributed by atoms with Crippen LogP contribution >= 0.6 is 23.5 Å². The number of anilines is 1. The first-order chi connectivity index (χ1) is 14.2. The number of amides is 1. The highest BCUT2D eigenvalue weighted by atomic mass is 32.2. The van der Waals surface area contributed by atoms with Crippen molar-refractivity contribution in [3.63, 3.8) is 0 Å². The largest absolute Gasteiger partial charge is 0.495 e. The smallest absolute Gasteiger partial charge is 0.255 e. The number of furan rings is 1. The van der Waals surface area contributed by atoms with Gasteiger partial charge in [0.05, 0.1) is 17.4 Å². The summed E-state index contributed by atoms with van der Waals surface area (Å²) < 4.78 is 11.9. The van der Waals surface area contributed by atoms with Gasteiger partial charge in [0.15, 0.2) is 0 Å². The van der Waals surface area contributed by atoms with E-state index in [1.165, 1.54) is 17.1 Å². The number of hydrogen-bond acceptors (Lipinski definition) is 5. The molecule has 146 valence electrons. The highest BCUT2D eigenvalue weighted by Gasteiger charge is 2.19. The molecule has 2 heterocycles. The predicted octanol–water partition coefficient (Wildman–Crippen LogP) is 6.33. The van der Waals surface area contributed by atoms with E-state index in [9.17, 15) is 4.79 Å². The molecule has 0 spiro atoms. The molecule has 29 heavy (non-hydrogen) atoms. The van der Waals surface area contributed by atoms with E-state index in [1.807, 2.05) is 84.2 Å². The minimum atomic E-state index is -0.169. The highest BCUT2D eigenvalue weighted by Crippen LogP contribution is 2.45. The van der Waals surface area contributed by atoms with Gasteiger partial charge in [-0.2, -0.15) is 0 Å². The molecule has 0 saturated carbocycles. The van der Waals surface area contributed by atoms with Gasteiger partial charge in [0, 0.05) is 33.9 Å². The number of para-hydroxylation sites is 1. The normalized spacial score (nSPS) is 14.5. The lowest BCUT2D eigenvalue weighted by Gasteiger charge is -2.12. The number of carbonyl (C=O) groups is 1. The van der Waals surface area contributed by atoms with Gasteiger partial charge in [-0.05, 0) is 29.8 Å². The van der Waals surface area contributed by atoms with E-state index in [1.54, 1.807) is 7.11 Å². The van der Waals surface area contributed by atoms with Crippen LogP contribution in [0.5, 0.6) is 5.75 Å². The Bertz CT molecular complexity index is 1190. The van der Waals surface area contributed by atoms with Crippen LogP contribution in [0.4, 0.5) is 5.69 Å². The van der Waals surface area contributed by atoms with E-state index in [2.05, 4.69) is 5.32 Å². The zero-order valence-electron chi connectivity index (χ0n) is 15.8. The number of methoxy groups -OCH3 is 1. The Labute approximate surface area is 177 Å². The Morgan fingerprint density at radius 3 is 2.52 bits per heavy atom. The van der Waals surface area contributed by atoms with Crippen LogP contribution in [0.1, 0.15) is 20.5 Å². The number of benzene rings is 3. The van der Waals surface area contributed by atoms with Gasteiger partial charge >= 0.3 is 0 Å². The summed E-state index contributed by atoms with van der Waals surface area (Å²) in [6, 6.07) is 19.5. The molecule has 4 nitrogen and oxygen atoms in total. The van der Waals surface area contributed by atoms with E-state index in [0.717, 1.165) is 16.4 Å². The van der Waals surface area contributed by atoms with Crippen molar-refractivity contribution in [1.82, 2.24) is 0 Å². The van der Waals surface area contributed by atoms with Gasteiger partial charge in [-0.25, -0.2) is 0 Å². The van der Waals surface area contributed by atoms with Crippen LogP contribution in [0.15, 0.2) is 65.1 Å². The molecule has 4 aromatic rings. The van der Waals surface area contributed by atoms with Crippen molar-refractivity contribution in [1.29, 1.82) is 0 Å². The lowest BCUT2D eigenvalue weighted by atomic mass is 10.1. The number of carbonyl (C=O) groups excluding carboxylic acids is 1. The van der Waals surface area contributed by atoms with Crippen LogP contribution in [-0.4, -0.2) is 24.5 Å². The molecule has 1 aromatic heterocycles. The van der Waals surface area contributed by atoms with E-state index in [4.69, 9.17) is 9.15 Å². The summed E-state index contributed by atoms with van der Waals surface area (Å²) in [5.74, 6) is 2.80. The third-order valence-corrected chi connectivity index (χ3v) is 8.12. The van der Waals surface area contributed by atoms with Gasteiger partial charge in [-0.1, -0.05) is 30.3 Å². The second-order valence-corrected chi connectivity index (χ2v) is 9.52. The molecule has 6 heteroatoms. The maximum absolute atomic E-state index is 12.8. The highest BCUT2D eigenvalue weighted by molar-refractivity contribution is 8.19. The summed E-state index contributed by atoms with van der Waals surface area (Å²) >= 11 is 3.91. The monoisotopic (exact) mass is 421 g/mol. The first-order valence-corrected chi connectivity index (χ1v) is 11.5. The zero-order chi connectivity index (χ0) is 19.8. The molecule has 1 fully saturated rings. The van der Waals surface area contributed by atoms with Gasteiger partial charge in [0.1, 0.15) is 16.9 Å². The summed E-state index contributed by atoms with van der Waals surface area (Å²) in [5.41, 5.74) is 4.00. The molecule has 0 unspecified atom stereocenters. The van der Waals surface area contributed by atoms with Crippen LogP contribution in [-0.2, 0) is 0 Å². The Morgan fingerprint density at radius 2 is 1.76 bits per heavy atom. The SMILES string of the molecule is COc1cc2c(cc1NC(=O)c1ccc(C3SCCS3)cc1)oc1ccccc12. The lowest BCUT2D eigenvalue weighted by Crippen LogP contribution is -2.12. The molecule has 0 bridgehead atoms. The topological polar surface area (TPSA) is 51.5 Å². The summed E-state index contributed by atoms with van der Waals surface area (Å²) in [6.07, 6.45) is 0. The third kappa shape index (κ3) is 3.47. The van der Waals surface area contributed by atoms with Gasteiger partial charge < -0.3 is 14.5 Å². The summed E-state index contributed by atoms with van der Waals surface area (Å²) in [7, 11) is 1.60. The minimum Gasteiger partial charge on any atom is -0.495 e. The Hall–Kier alpha value is -2.57. The second-order valence-electron chi connectivity index (χ2n) is 6.80. The van der Waals surface area contributed by atoms with E-state index >= 15 is 0 Å². The van der Waals surface area contributed by atoms with Crippen LogP contribution in [0.2, 0.25) is 0 Å². The second kappa shape index (κ2) is 7.69. The van der Waals surface area contributed by atoms with Crippen molar-refractivity contribution in [2.75, 3.05) is 23.9 Å².